The maximum atomic E-state index is 12.0. The van der Waals surface area contributed by atoms with Crippen LogP contribution in [0.3, 0.4) is 0 Å². The molecule has 0 saturated heterocycles. The Balaban J connectivity index is 1.76. The van der Waals surface area contributed by atoms with Crippen molar-refractivity contribution < 1.29 is 9.90 Å². The highest BCUT2D eigenvalue weighted by Gasteiger charge is 2.04. The number of nitrogens with one attached hydrogen (secondary N) is 1. The summed E-state index contributed by atoms with van der Waals surface area (Å²) in [5.41, 5.74) is 3.05. The Hall–Kier alpha value is -1.98. The Morgan fingerprint density at radius 2 is 1.79 bits per heavy atom. The summed E-state index contributed by atoms with van der Waals surface area (Å²) in [7, 11) is 1.92. The summed E-state index contributed by atoms with van der Waals surface area (Å²) in [6.07, 6.45) is 0.477. The first-order valence-corrected chi connectivity index (χ1v) is 8.98. The summed E-state index contributed by atoms with van der Waals surface area (Å²) in [5.74, 6) is 0.776. The molecule has 1 amide bonds. The number of hydrogen-bond acceptors (Lipinski definition) is 4. The molecule has 128 valence electrons. The molecular weight excluding hydrogens is 320 g/mol. The summed E-state index contributed by atoms with van der Waals surface area (Å²) in [4.78, 5) is 15.2. The van der Waals surface area contributed by atoms with E-state index in [1.54, 1.807) is 11.8 Å². The van der Waals surface area contributed by atoms with Crippen LogP contribution in [0, 0.1) is 6.92 Å². The fourth-order valence-corrected chi connectivity index (χ4v) is 3.05. The van der Waals surface area contributed by atoms with Crippen LogP contribution in [0.15, 0.2) is 53.4 Å². The predicted octanol–water partition coefficient (Wildman–Crippen LogP) is 3.54. The normalized spacial score (nSPS) is 10.5. The van der Waals surface area contributed by atoms with Gasteiger partial charge in [0.1, 0.15) is 0 Å². The molecular formula is C19H24N2O2S. The first kappa shape index (κ1) is 18.4. The van der Waals surface area contributed by atoms with Crippen molar-refractivity contribution in [1.29, 1.82) is 0 Å². The van der Waals surface area contributed by atoms with Gasteiger partial charge < -0.3 is 15.3 Å². The summed E-state index contributed by atoms with van der Waals surface area (Å²) in [6.45, 7) is 2.77. The third kappa shape index (κ3) is 5.91. The van der Waals surface area contributed by atoms with Crippen LogP contribution in [0.4, 0.5) is 11.4 Å². The van der Waals surface area contributed by atoms with Gasteiger partial charge in [0.2, 0.25) is 5.91 Å². The number of aliphatic hydroxyl groups is 1. The van der Waals surface area contributed by atoms with Gasteiger partial charge in [-0.25, -0.2) is 0 Å². The summed E-state index contributed by atoms with van der Waals surface area (Å²) in [5, 5.41) is 11.9. The molecule has 0 heterocycles. The molecule has 0 aromatic heterocycles. The third-order valence-electron chi connectivity index (χ3n) is 3.65. The molecule has 2 aromatic carbocycles. The lowest BCUT2D eigenvalue weighted by Crippen LogP contribution is -2.21. The lowest BCUT2D eigenvalue weighted by Gasteiger charge is -2.18. The Kier molecular flexibility index (Phi) is 7.15. The van der Waals surface area contributed by atoms with Gasteiger partial charge in [-0.1, -0.05) is 17.7 Å². The molecule has 0 atom stereocenters. The molecule has 4 nitrogen and oxygen atoms in total. The van der Waals surface area contributed by atoms with Gasteiger partial charge in [0.05, 0.1) is 6.61 Å². The standard InChI is InChI=1S/C19H24N2O2S/c1-15-3-9-18(10-4-15)24-14-11-19(23)20-16-5-7-17(8-6-16)21(2)12-13-22/h3-10,22H,11-14H2,1-2H3,(H,20,23). The van der Waals surface area contributed by atoms with E-state index in [0.717, 1.165) is 17.1 Å². The first-order chi connectivity index (χ1) is 11.6. The summed E-state index contributed by atoms with van der Waals surface area (Å²) in [6, 6.07) is 16.0. The van der Waals surface area contributed by atoms with Crippen LogP contribution in [-0.2, 0) is 4.79 Å². The minimum Gasteiger partial charge on any atom is -0.395 e. The van der Waals surface area contributed by atoms with Gasteiger partial charge >= 0.3 is 0 Å². The summed E-state index contributed by atoms with van der Waals surface area (Å²) < 4.78 is 0. The van der Waals surface area contributed by atoms with Crippen LogP contribution in [0.25, 0.3) is 0 Å². The number of carbonyl (C=O) groups excluding carboxylic acids is 1. The summed E-state index contributed by atoms with van der Waals surface area (Å²) >= 11 is 1.69. The monoisotopic (exact) mass is 344 g/mol. The van der Waals surface area contributed by atoms with Crippen molar-refractivity contribution in [3.05, 3.63) is 54.1 Å². The second kappa shape index (κ2) is 9.35. The largest absolute Gasteiger partial charge is 0.395 e. The van der Waals surface area contributed by atoms with Gasteiger partial charge in [0.25, 0.3) is 0 Å². The van der Waals surface area contributed by atoms with E-state index in [9.17, 15) is 4.79 Å². The smallest absolute Gasteiger partial charge is 0.225 e. The average molecular weight is 344 g/mol. The lowest BCUT2D eigenvalue weighted by atomic mass is 10.2. The van der Waals surface area contributed by atoms with Gasteiger partial charge in [-0.2, -0.15) is 0 Å². The SMILES string of the molecule is Cc1ccc(SCCC(=O)Nc2ccc(N(C)CCO)cc2)cc1. The molecule has 0 aliphatic rings. The van der Waals surface area contributed by atoms with Crippen LogP contribution in [0.2, 0.25) is 0 Å². The molecule has 0 aliphatic carbocycles. The highest BCUT2D eigenvalue weighted by molar-refractivity contribution is 7.99. The second-order valence-corrected chi connectivity index (χ2v) is 6.82. The number of aryl methyl sites for hydroxylation is 1. The van der Waals surface area contributed by atoms with Crippen molar-refractivity contribution in [2.24, 2.45) is 0 Å². The fourth-order valence-electron chi connectivity index (χ4n) is 2.20. The van der Waals surface area contributed by atoms with Gasteiger partial charge in [0, 0.05) is 42.0 Å². The number of likely N-dealkylation sites (N-methyl/N-ethyl adjacent to an activating group) is 1. The Morgan fingerprint density at radius 1 is 1.12 bits per heavy atom. The van der Waals surface area contributed by atoms with E-state index in [1.165, 1.54) is 10.5 Å². The maximum absolute atomic E-state index is 12.0. The molecule has 0 bridgehead atoms. The molecule has 5 heteroatoms. The molecule has 0 spiro atoms. The number of thioether (sulfide) groups is 1. The number of hydrogen-bond donors (Lipinski definition) is 2. The van der Waals surface area contributed by atoms with Crippen molar-refractivity contribution in [3.8, 4) is 0 Å². The Morgan fingerprint density at radius 3 is 2.42 bits per heavy atom. The number of rotatable bonds is 8. The van der Waals surface area contributed by atoms with Crippen LogP contribution in [0.5, 0.6) is 0 Å². The average Bonchev–Trinajstić information content (AvgIpc) is 2.57. The zero-order chi connectivity index (χ0) is 17.4. The third-order valence-corrected chi connectivity index (χ3v) is 4.66. The van der Waals surface area contributed by atoms with E-state index in [2.05, 4.69) is 36.5 Å². The molecule has 2 rings (SSSR count). The van der Waals surface area contributed by atoms with Gasteiger partial charge in [0.15, 0.2) is 0 Å². The highest BCUT2D eigenvalue weighted by atomic mass is 32.2. The molecule has 2 aromatic rings. The number of aliphatic hydroxyl groups excluding tert-OH is 1. The van der Waals surface area contributed by atoms with E-state index >= 15 is 0 Å². The lowest BCUT2D eigenvalue weighted by molar-refractivity contribution is -0.115. The highest BCUT2D eigenvalue weighted by Crippen LogP contribution is 2.20. The van der Waals surface area contributed by atoms with E-state index in [1.807, 2.05) is 36.2 Å². The van der Waals surface area contributed by atoms with E-state index < -0.39 is 0 Å². The van der Waals surface area contributed by atoms with E-state index in [4.69, 9.17) is 5.11 Å². The molecule has 0 aliphatic heterocycles. The quantitative estimate of drug-likeness (QED) is 0.719. The van der Waals surface area contributed by atoms with Crippen molar-refractivity contribution in [1.82, 2.24) is 0 Å². The van der Waals surface area contributed by atoms with Crippen molar-refractivity contribution in [2.75, 3.05) is 36.2 Å². The molecule has 0 fully saturated rings. The van der Waals surface area contributed by atoms with Gasteiger partial charge in [-0.15, -0.1) is 11.8 Å². The molecule has 2 N–H and O–H groups in total. The molecule has 0 radical (unpaired) electrons. The fraction of sp³-hybridized carbons (Fsp3) is 0.316. The van der Waals surface area contributed by atoms with Crippen LogP contribution >= 0.6 is 11.8 Å². The zero-order valence-electron chi connectivity index (χ0n) is 14.2. The van der Waals surface area contributed by atoms with Crippen LogP contribution < -0.4 is 10.2 Å². The topological polar surface area (TPSA) is 52.6 Å². The van der Waals surface area contributed by atoms with Crippen molar-refractivity contribution in [2.45, 2.75) is 18.2 Å². The number of carbonyl (C=O) groups is 1. The minimum atomic E-state index is 0.0195. The van der Waals surface area contributed by atoms with E-state index in [-0.39, 0.29) is 12.5 Å². The predicted molar refractivity (Wildman–Crippen MR) is 102 cm³/mol. The van der Waals surface area contributed by atoms with E-state index in [0.29, 0.717) is 13.0 Å². The number of nitrogens with zero attached hydrogens (tertiary/aromatic N) is 1. The molecule has 24 heavy (non-hydrogen) atoms. The Bertz CT molecular complexity index is 641. The Labute approximate surface area is 147 Å². The zero-order valence-corrected chi connectivity index (χ0v) is 15.0. The van der Waals surface area contributed by atoms with Crippen LogP contribution in [0.1, 0.15) is 12.0 Å². The van der Waals surface area contributed by atoms with Crippen molar-refractivity contribution >= 4 is 29.0 Å². The number of anilines is 2. The second-order valence-electron chi connectivity index (χ2n) is 5.65. The first-order valence-electron chi connectivity index (χ1n) is 8.00. The molecule has 0 unspecified atom stereocenters. The van der Waals surface area contributed by atoms with Crippen molar-refractivity contribution in [3.63, 3.8) is 0 Å². The molecule has 0 saturated carbocycles. The number of benzene rings is 2. The maximum Gasteiger partial charge on any atom is 0.225 e. The minimum absolute atomic E-state index is 0.0195. The van der Waals surface area contributed by atoms with Crippen LogP contribution in [-0.4, -0.2) is 37.0 Å². The van der Waals surface area contributed by atoms with Gasteiger partial charge in [-0.3, -0.25) is 4.79 Å². The number of amides is 1. The van der Waals surface area contributed by atoms with Gasteiger partial charge in [-0.05, 0) is 43.3 Å².